The molecule has 6 heteroatoms. The van der Waals surface area contributed by atoms with Gasteiger partial charge in [-0.2, -0.15) is 0 Å². The molecular weight excluding hydrogens is 234 g/mol. The molecule has 1 heterocycles. The normalized spacial score (nSPS) is 12.5. The van der Waals surface area contributed by atoms with Gasteiger partial charge in [0.1, 0.15) is 0 Å². The summed E-state index contributed by atoms with van der Waals surface area (Å²) in [5.41, 5.74) is 0. The lowest BCUT2D eigenvalue weighted by molar-refractivity contribution is -0.146. The molecule has 0 amide bonds. The Morgan fingerprint density at radius 2 is 2.22 bits per heavy atom. The summed E-state index contributed by atoms with van der Waals surface area (Å²) in [6, 6.07) is -0.467. The van der Waals surface area contributed by atoms with E-state index in [0.717, 1.165) is 12.8 Å². The number of aromatic nitrogens is 3. The van der Waals surface area contributed by atoms with Gasteiger partial charge in [-0.25, -0.2) is 9.48 Å². The number of methoxy groups -OCH3 is 1. The lowest BCUT2D eigenvalue weighted by Crippen LogP contribution is -2.26. The number of hydrogen-bond acceptors (Lipinski definition) is 5. The van der Waals surface area contributed by atoms with Crippen molar-refractivity contribution >= 4 is 5.97 Å². The highest BCUT2D eigenvalue weighted by Gasteiger charge is 2.26. The molecule has 1 aromatic heterocycles. The fraction of sp³-hybridized carbons (Fsp3) is 0.750. The number of ether oxygens (including phenoxy) is 2. The summed E-state index contributed by atoms with van der Waals surface area (Å²) in [6.07, 6.45) is 3.67. The van der Waals surface area contributed by atoms with Crippen LogP contribution in [0.3, 0.4) is 0 Å². The topological polar surface area (TPSA) is 66.2 Å². The van der Waals surface area contributed by atoms with Crippen LogP contribution in [0.15, 0.2) is 6.20 Å². The molecule has 0 bridgehead atoms. The third kappa shape index (κ3) is 3.72. The van der Waals surface area contributed by atoms with Crippen molar-refractivity contribution < 1.29 is 14.3 Å². The second-order valence-electron chi connectivity index (χ2n) is 4.45. The summed E-state index contributed by atoms with van der Waals surface area (Å²) in [7, 11) is 1.37. The first-order valence-corrected chi connectivity index (χ1v) is 6.22. The Labute approximate surface area is 107 Å². The van der Waals surface area contributed by atoms with Crippen LogP contribution in [0.5, 0.6) is 5.88 Å². The van der Waals surface area contributed by atoms with Crippen molar-refractivity contribution in [3.63, 3.8) is 0 Å². The van der Waals surface area contributed by atoms with E-state index in [1.165, 1.54) is 11.8 Å². The van der Waals surface area contributed by atoms with Crippen molar-refractivity contribution in [2.45, 2.75) is 39.7 Å². The zero-order valence-electron chi connectivity index (χ0n) is 11.4. The van der Waals surface area contributed by atoms with Crippen LogP contribution in [0.4, 0.5) is 0 Å². The van der Waals surface area contributed by atoms with Crippen molar-refractivity contribution in [1.29, 1.82) is 0 Å². The minimum atomic E-state index is -0.467. The largest absolute Gasteiger partial charge is 0.475 e. The summed E-state index contributed by atoms with van der Waals surface area (Å²) in [4.78, 5) is 11.7. The van der Waals surface area contributed by atoms with Crippen molar-refractivity contribution in [2.75, 3.05) is 13.7 Å². The van der Waals surface area contributed by atoms with Crippen LogP contribution < -0.4 is 4.74 Å². The van der Waals surface area contributed by atoms with Crippen LogP contribution in [0, 0.1) is 5.92 Å². The molecule has 1 aromatic rings. The molecule has 0 aliphatic heterocycles. The quantitative estimate of drug-likeness (QED) is 0.549. The van der Waals surface area contributed by atoms with Crippen LogP contribution in [0.25, 0.3) is 0 Å². The van der Waals surface area contributed by atoms with Gasteiger partial charge in [-0.05, 0) is 12.3 Å². The third-order valence-corrected chi connectivity index (χ3v) is 2.60. The molecular formula is C12H21N3O3. The molecule has 0 aromatic carbocycles. The van der Waals surface area contributed by atoms with E-state index in [4.69, 9.17) is 9.47 Å². The molecule has 0 spiro atoms. The smallest absolute Gasteiger partial charge is 0.330 e. The van der Waals surface area contributed by atoms with E-state index < -0.39 is 6.04 Å². The molecule has 0 radical (unpaired) electrons. The van der Waals surface area contributed by atoms with Crippen molar-refractivity contribution in [1.82, 2.24) is 15.0 Å². The Hall–Kier alpha value is -1.59. The average Bonchev–Trinajstić information content (AvgIpc) is 2.77. The predicted molar refractivity (Wildman–Crippen MR) is 66.3 cm³/mol. The maximum Gasteiger partial charge on any atom is 0.330 e. The maximum absolute atomic E-state index is 11.7. The number of nitrogens with zero attached hydrogens (tertiary/aromatic N) is 3. The van der Waals surface area contributed by atoms with E-state index in [2.05, 4.69) is 17.2 Å². The fourth-order valence-corrected chi connectivity index (χ4v) is 1.59. The monoisotopic (exact) mass is 255 g/mol. The minimum absolute atomic E-state index is 0.0719. The number of carbonyl (C=O) groups excluding carboxylic acids is 1. The van der Waals surface area contributed by atoms with Gasteiger partial charge in [0.05, 0.1) is 19.9 Å². The van der Waals surface area contributed by atoms with Gasteiger partial charge in [0.15, 0.2) is 6.04 Å². The molecule has 0 saturated heterocycles. The summed E-state index contributed by atoms with van der Waals surface area (Å²) < 4.78 is 11.7. The number of rotatable bonds is 7. The molecule has 0 aliphatic carbocycles. The molecule has 1 unspecified atom stereocenters. The molecule has 1 atom stereocenters. The van der Waals surface area contributed by atoms with Crippen LogP contribution in [-0.4, -0.2) is 34.7 Å². The molecule has 0 saturated carbocycles. The van der Waals surface area contributed by atoms with Gasteiger partial charge in [-0.3, -0.25) is 0 Å². The van der Waals surface area contributed by atoms with E-state index in [-0.39, 0.29) is 11.9 Å². The van der Waals surface area contributed by atoms with Crippen LogP contribution in [0.2, 0.25) is 0 Å². The van der Waals surface area contributed by atoms with Crippen LogP contribution >= 0.6 is 0 Å². The van der Waals surface area contributed by atoms with E-state index >= 15 is 0 Å². The number of hydrogen-bond donors (Lipinski definition) is 0. The SMILES string of the molecule is CCCCOc1cn(C(C(=O)OC)C(C)C)nn1. The molecule has 102 valence electrons. The molecule has 6 nitrogen and oxygen atoms in total. The molecule has 18 heavy (non-hydrogen) atoms. The van der Waals surface area contributed by atoms with Gasteiger partial charge in [-0.1, -0.05) is 37.5 Å². The van der Waals surface area contributed by atoms with Crippen LogP contribution in [-0.2, 0) is 9.53 Å². The minimum Gasteiger partial charge on any atom is -0.475 e. The molecule has 0 aliphatic rings. The predicted octanol–water partition coefficient (Wildman–Crippen LogP) is 1.83. The summed E-state index contributed by atoms with van der Waals surface area (Å²) in [5, 5.41) is 7.82. The first-order chi connectivity index (χ1) is 8.60. The average molecular weight is 255 g/mol. The van der Waals surface area contributed by atoms with E-state index in [0.29, 0.717) is 12.5 Å². The second kappa shape index (κ2) is 6.98. The molecule has 0 N–H and O–H groups in total. The Bertz CT molecular complexity index is 376. The van der Waals surface area contributed by atoms with Gasteiger partial charge < -0.3 is 9.47 Å². The summed E-state index contributed by atoms with van der Waals surface area (Å²) in [5.74, 6) is 0.190. The lowest BCUT2D eigenvalue weighted by atomic mass is 10.1. The van der Waals surface area contributed by atoms with Crippen molar-refractivity contribution in [3.8, 4) is 5.88 Å². The van der Waals surface area contributed by atoms with E-state index in [1.807, 2.05) is 13.8 Å². The lowest BCUT2D eigenvalue weighted by Gasteiger charge is -2.17. The van der Waals surface area contributed by atoms with Crippen molar-refractivity contribution in [3.05, 3.63) is 6.20 Å². The van der Waals surface area contributed by atoms with Crippen molar-refractivity contribution in [2.24, 2.45) is 5.92 Å². The number of unbranched alkanes of at least 4 members (excludes halogenated alkanes) is 1. The number of esters is 1. The van der Waals surface area contributed by atoms with Gasteiger partial charge in [0.2, 0.25) is 0 Å². The first kappa shape index (κ1) is 14.5. The molecule has 1 rings (SSSR count). The van der Waals surface area contributed by atoms with Gasteiger partial charge in [0, 0.05) is 0 Å². The highest BCUT2D eigenvalue weighted by atomic mass is 16.5. The summed E-state index contributed by atoms with van der Waals surface area (Å²) >= 11 is 0. The second-order valence-corrected chi connectivity index (χ2v) is 4.45. The maximum atomic E-state index is 11.7. The Morgan fingerprint density at radius 3 is 2.78 bits per heavy atom. The fourth-order valence-electron chi connectivity index (χ4n) is 1.59. The Morgan fingerprint density at radius 1 is 1.50 bits per heavy atom. The highest BCUT2D eigenvalue weighted by molar-refractivity contribution is 5.74. The van der Waals surface area contributed by atoms with Gasteiger partial charge >= 0.3 is 5.97 Å². The zero-order chi connectivity index (χ0) is 13.5. The zero-order valence-corrected chi connectivity index (χ0v) is 11.4. The number of carbonyl (C=O) groups is 1. The van der Waals surface area contributed by atoms with Crippen LogP contribution in [0.1, 0.15) is 39.7 Å². The molecule has 0 fully saturated rings. The standard InChI is InChI=1S/C12H21N3O3/c1-5-6-7-18-10-8-15(14-13-10)11(9(2)3)12(16)17-4/h8-9,11H,5-7H2,1-4H3. The Kier molecular flexibility index (Phi) is 5.61. The highest BCUT2D eigenvalue weighted by Crippen LogP contribution is 2.19. The third-order valence-electron chi connectivity index (χ3n) is 2.60. The van der Waals surface area contributed by atoms with Gasteiger partial charge in [0.25, 0.3) is 5.88 Å². The first-order valence-electron chi connectivity index (χ1n) is 6.22. The van der Waals surface area contributed by atoms with E-state index in [1.54, 1.807) is 6.20 Å². The Balaban J connectivity index is 2.72. The van der Waals surface area contributed by atoms with Gasteiger partial charge in [-0.15, -0.1) is 0 Å². The summed E-state index contributed by atoms with van der Waals surface area (Å²) in [6.45, 7) is 6.56. The van der Waals surface area contributed by atoms with E-state index in [9.17, 15) is 4.79 Å².